The fraction of sp³-hybridized carbons (Fsp3) is 0.720. The molecule has 0 saturated carbocycles. The fourth-order valence-corrected chi connectivity index (χ4v) is 7.35. The molecule has 0 fully saturated rings. The van der Waals surface area contributed by atoms with Gasteiger partial charge in [-0.3, -0.25) is 0 Å². The fourth-order valence-electron chi connectivity index (χ4n) is 7.35. The van der Waals surface area contributed by atoms with Gasteiger partial charge in [-0.1, -0.05) is 177 Å². The van der Waals surface area contributed by atoms with E-state index in [9.17, 15) is 30.0 Å². The van der Waals surface area contributed by atoms with Crippen LogP contribution in [0.5, 0.6) is 0 Å². The number of carboxylic acid groups (broad SMARTS) is 2. The number of aliphatic carboxylic acids is 2. The van der Waals surface area contributed by atoms with E-state index in [1.165, 1.54) is 24.0 Å². The molecule has 0 aromatic heterocycles. The monoisotopic (exact) mass is 949 g/mol. The van der Waals surface area contributed by atoms with Gasteiger partial charge >= 0.3 is 48.9 Å². The van der Waals surface area contributed by atoms with Crippen molar-refractivity contribution in [2.24, 2.45) is 0 Å². The first-order valence-electron chi connectivity index (χ1n) is 23.3. The Bertz CT molecular complexity index is 1110. The van der Waals surface area contributed by atoms with Gasteiger partial charge in [-0.2, -0.15) is 0 Å². The Morgan fingerprint density at radius 3 is 1.07 bits per heavy atom. The van der Waals surface area contributed by atoms with Crippen LogP contribution in [0.1, 0.15) is 205 Å². The van der Waals surface area contributed by atoms with E-state index in [4.69, 9.17) is 9.47 Å². The smallest absolute Gasteiger partial charge is 0.550 e. The van der Waals surface area contributed by atoms with Gasteiger partial charge in [-0.15, -0.1) is 0 Å². The summed E-state index contributed by atoms with van der Waals surface area (Å²) >= 11 is 0. The van der Waals surface area contributed by atoms with Crippen LogP contribution in [0.25, 0.3) is 0 Å². The molecule has 0 aliphatic carbocycles. The predicted octanol–water partition coefficient (Wildman–Crippen LogP) is 9.95. The summed E-state index contributed by atoms with van der Waals surface area (Å²) in [4.78, 5) is 20.8. The van der Waals surface area contributed by atoms with Gasteiger partial charge in [0.1, 0.15) is 0 Å². The topological polar surface area (TPSA) is 139 Å². The predicted molar refractivity (Wildman–Crippen MR) is 238 cm³/mol. The summed E-state index contributed by atoms with van der Waals surface area (Å²) in [6.45, 7) is 5.54. The SMILES string of the molecule is CCCC(O)CCCCC(CCCCCCCCC(=O)[O-])OCc1ccccc1.CCCC(O)CCCCC(CCCCCCCCC(=O)[O-])OCc1ccccc1.[Ba+2]. The van der Waals surface area contributed by atoms with Crippen LogP contribution in [-0.2, 0) is 32.3 Å². The van der Waals surface area contributed by atoms with E-state index in [-0.39, 0.29) is 86.1 Å². The van der Waals surface area contributed by atoms with Crippen LogP contribution in [0.2, 0.25) is 0 Å². The minimum absolute atomic E-state index is 0. The number of aliphatic hydroxyl groups is 2. The molecule has 0 heterocycles. The Balaban J connectivity index is 0.00000112. The van der Waals surface area contributed by atoms with Crippen LogP contribution < -0.4 is 10.2 Å². The van der Waals surface area contributed by atoms with E-state index >= 15 is 0 Å². The molecule has 0 bridgehead atoms. The Morgan fingerprint density at radius 2 is 0.746 bits per heavy atom. The van der Waals surface area contributed by atoms with Gasteiger partial charge in [-0.05, 0) is 88.2 Å². The van der Waals surface area contributed by atoms with Gasteiger partial charge in [0.15, 0.2) is 0 Å². The Morgan fingerprint density at radius 1 is 0.458 bits per heavy atom. The molecule has 0 spiro atoms. The second-order valence-electron chi connectivity index (χ2n) is 16.4. The van der Waals surface area contributed by atoms with Crippen molar-refractivity contribution in [2.75, 3.05) is 0 Å². The quantitative estimate of drug-likeness (QED) is 0.0501. The number of hydrogen-bond donors (Lipinski definition) is 2. The van der Waals surface area contributed by atoms with Crippen molar-refractivity contribution in [1.82, 2.24) is 0 Å². The first kappa shape index (κ1) is 57.8. The van der Waals surface area contributed by atoms with Crippen LogP contribution in [0.4, 0.5) is 0 Å². The Labute approximate surface area is 400 Å². The maximum absolute atomic E-state index is 10.4. The molecule has 4 atom stereocenters. The molecule has 0 saturated heterocycles. The molecule has 0 radical (unpaired) electrons. The number of unbranched alkanes of at least 4 members (excludes halogenated alkanes) is 12. The third-order valence-electron chi connectivity index (χ3n) is 10.8. The van der Waals surface area contributed by atoms with Gasteiger partial charge in [0, 0.05) is 11.9 Å². The number of carbonyl (C=O) groups excluding carboxylic acids is 2. The average molecular weight is 949 g/mol. The Kier molecular flexibility index (Phi) is 41.2. The molecule has 9 heteroatoms. The summed E-state index contributed by atoms with van der Waals surface area (Å²) in [6.07, 6.45) is 27.4. The van der Waals surface area contributed by atoms with Crippen molar-refractivity contribution < 1.29 is 39.5 Å². The summed E-state index contributed by atoms with van der Waals surface area (Å²) in [5.41, 5.74) is 2.42. The normalized spacial score (nSPS) is 13.1. The van der Waals surface area contributed by atoms with Crippen LogP contribution in [0.15, 0.2) is 60.7 Å². The number of ether oxygens (including phenoxy) is 2. The van der Waals surface area contributed by atoms with Gasteiger partial charge in [0.25, 0.3) is 0 Å². The molecule has 2 rings (SSSR count). The van der Waals surface area contributed by atoms with E-state index in [1.54, 1.807) is 0 Å². The number of hydrogen-bond acceptors (Lipinski definition) is 8. The van der Waals surface area contributed by atoms with Crippen molar-refractivity contribution in [2.45, 2.75) is 231 Å². The summed E-state index contributed by atoms with van der Waals surface area (Å²) in [5, 5.41) is 40.6. The van der Waals surface area contributed by atoms with Crippen LogP contribution in [0.3, 0.4) is 0 Å². The molecule has 59 heavy (non-hydrogen) atoms. The van der Waals surface area contributed by atoms with Crippen molar-refractivity contribution in [3.05, 3.63) is 71.8 Å². The van der Waals surface area contributed by atoms with E-state index in [2.05, 4.69) is 38.1 Å². The van der Waals surface area contributed by atoms with Gasteiger partial charge < -0.3 is 39.5 Å². The average Bonchev–Trinajstić information content (AvgIpc) is 3.21. The van der Waals surface area contributed by atoms with Crippen molar-refractivity contribution >= 4 is 60.8 Å². The zero-order chi connectivity index (χ0) is 42.3. The third kappa shape index (κ3) is 38.2. The molecule has 0 amide bonds. The van der Waals surface area contributed by atoms with Crippen LogP contribution >= 0.6 is 0 Å². The van der Waals surface area contributed by atoms with Gasteiger partial charge in [0.05, 0.1) is 37.6 Å². The number of carbonyl (C=O) groups is 2. The molecular weight excluding hydrogens is 866 g/mol. The number of aliphatic hydroxyl groups excluding tert-OH is 2. The zero-order valence-corrected chi connectivity index (χ0v) is 41.8. The van der Waals surface area contributed by atoms with Crippen molar-refractivity contribution in [3.63, 3.8) is 0 Å². The zero-order valence-electron chi connectivity index (χ0n) is 37.3. The van der Waals surface area contributed by atoms with Crippen molar-refractivity contribution in [1.29, 1.82) is 0 Å². The maximum Gasteiger partial charge on any atom is 2.00 e. The standard InChI is InChI=1S/2C25H42O4.Ba/c2*1-2-14-23(26)17-12-13-19-24(29-21-22-15-8-7-9-16-22)18-10-5-3-4-6-11-20-25(27)28;/h2*7-9,15-16,23-24,26H,2-6,10-14,17-21H2,1H3,(H,27,28);/q;;+2/p-2. The minimum atomic E-state index is -0.939. The maximum atomic E-state index is 10.4. The van der Waals surface area contributed by atoms with Gasteiger partial charge in [0.2, 0.25) is 0 Å². The summed E-state index contributed by atoms with van der Waals surface area (Å²) in [5.74, 6) is -1.88. The van der Waals surface area contributed by atoms with Gasteiger partial charge in [-0.25, -0.2) is 0 Å². The molecule has 2 aromatic carbocycles. The number of rotatable bonds is 38. The second kappa shape index (κ2) is 42.1. The molecule has 8 nitrogen and oxygen atoms in total. The van der Waals surface area contributed by atoms with Crippen LogP contribution in [-0.4, -0.2) is 95.4 Å². The van der Waals surface area contributed by atoms with Crippen LogP contribution in [0, 0.1) is 0 Å². The summed E-state index contributed by atoms with van der Waals surface area (Å²) in [6, 6.07) is 20.6. The molecule has 332 valence electrons. The number of benzene rings is 2. The second-order valence-corrected chi connectivity index (χ2v) is 16.4. The Hall–Kier alpha value is -1.21. The van der Waals surface area contributed by atoms with E-state index in [0.717, 1.165) is 154 Å². The summed E-state index contributed by atoms with van der Waals surface area (Å²) in [7, 11) is 0. The van der Waals surface area contributed by atoms with E-state index < -0.39 is 11.9 Å². The molecular formula is C50H82BaO8. The molecule has 2 N–H and O–H groups in total. The van der Waals surface area contributed by atoms with Crippen molar-refractivity contribution in [3.8, 4) is 0 Å². The van der Waals surface area contributed by atoms with E-state index in [0.29, 0.717) is 13.2 Å². The molecule has 0 aliphatic rings. The molecule has 2 aromatic rings. The van der Waals surface area contributed by atoms with E-state index in [1.807, 2.05) is 36.4 Å². The summed E-state index contributed by atoms with van der Waals surface area (Å²) < 4.78 is 12.4. The first-order chi connectivity index (χ1) is 28.2. The molecule has 0 aliphatic heterocycles. The number of carboxylic acids is 2. The largest absolute Gasteiger partial charge is 2.00 e. The minimum Gasteiger partial charge on any atom is -0.550 e. The molecule has 4 unspecified atom stereocenters. The third-order valence-corrected chi connectivity index (χ3v) is 10.8. The first-order valence-corrected chi connectivity index (χ1v) is 23.3.